The van der Waals surface area contributed by atoms with Crippen LogP contribution in [0.4, 0.5) is 0 Å². The molecule has 0 saturated carbocycles. The summed E-state index contributed by atoms with van der Waals surface area (Å²) in [5.74, 6) is 0.906. The van der Waals surface area contributed by atoms with E-state index < -0.39 is 0 Å². The summed E-state index contributed by atoms with van der Waals surface area (Å²) in [6.45, 7) is 7.05. The van der Waals surface area contributed by atoms with Crippen LogP contribution in [0.25, 0.3) is 0 Å². The molecule has 1 N–H and O–H groups in total. The van der Waals surface area contributed by atoms with Crippen molar-refractivity contribution in [2.75, 3.05) is 19.8 Å². The SMILES string of the molecule is CCCNC(C)c1ccc(Br)cc1OCCOCc1ccccc1. The van der Waals surface area contributed by atoms with Crippen molar-refractivity contribution in [2.24, 2.45) is 0 Å². The molecule has 0 fully saturated rings. The van der Waals surface area contributed by atoms with E-state index in [0.29, 0.717) is 19.8 Å². The highest BCUT2D eigenvalue weighted by molar-refractivity contribution is 9.10. The van der Waals surface area contributed by atoms with Crippen molar-refractivity contribution >= 4 is 15.9 Å². The number of benzene rings is 2. The Balaban J connectivity index is 1.83. The molecular formula is C20H26BrNO2. The lowest BCUT2D eigenvalue weighted by Crippen LogP contribution is -2.20. The Labute approximate surface area is 153 Å². The summed E-state index contributed by atoms with van der Waals surface area (Å²) in [5, 5.41) is 3.50. The van der Waals surface area contributed by atoms with E-state index in [1.54, 1.807) is 0 Å². The van der Waals surface area contributed by atoms with E-state index in [2.05, 4.69) is 59.4 Å². The number of nitrogens with one attached hydrogen (secondary N) is 1. The summed E-state index contributed by atoms with van der Waals surface area (Å²) < 4.78 is 12.7. The van der Waals surface area contributed by atoms with E-state index in [1.807, 2.05) is 24.3 Å². The van der Waals surface area contributed by atoms with E-state index in [1.165, 1.54) is 11.1 Å². The Morgan fingerprint density at radius 1 is 1.08 bits per heavy atom. The fourth-order valence-corrected chi connectivity index (χ4v) is 2.78. The predicted octanol–water partition coefficient (Wildman–Crippen LogP) is 5.11. The van der Waals surface area contributed by atoms with Crippen LogP contribution in [0, 0.1) is 0 Å². The second-order valence-corrected chi connectivity index (χ2v) is 6.66. The van der Waals surface area contributed by atoms with Crippen molar-refractivity contribution in [3.8, 4) is 5.75 Å². The van der Waals surface area contributed by atoms with E-state index in [4.69, 9.17) is 9.47 Å². The molecule has 1 unspecified atom stereocenters. The van der Waals surface area contributed by atoms with Crippen LogP contribution in [0.5, 0.6) is 5.75 Å². The molecule has 2 rings (SSSR count). The van der Waals surface area contributed by atoms with Gasteiger partial charge in [-0.25, -0.2) is 0 Å². The third kappa shape index (κ3) is 6.27. The molecule has 4 heteroatoms. The first-order chi connectivity index (χ1) is 11.7. The van der Waals surface area contributed by atoms with E-state index >= 15 is 0 Å². The Hall–Kier alpha value is -1.36. The third-order valence-electron chi connectivity index (χ3n) is 3.74. The second kappa shape index (κ2) is 10.5. The number of rotatable bonds is 10. The van der Waals surface area contributed by atoms with Crippen LogP contribution < -0.4 is 10.1 Å². The maximum atomic E-state index is 5.96. The lowest BCUT2D eigenvalue weighted by Gasteiger charge is -2.18. The van der Waals surface area contributed by atoms with Gasteiger partial charge in [0.1, 0.15) is 12.4 Å². The summed E-state index contributed by atoms with van der Waals surface area (Å²) in [6.07, 6.45) is 1.12. The minimum absolute atomic E-state index is 0.262. The monoisotopic (exact) mass is 391 g/mol. The lowest BCUT2D eigenvalue weighted by molar-refractivity contribution is 0.0884. The zero-order valence-corrected chi connectivity index (χ0v) is 16.0. The largest absolute Gasteiger partial charge is 0.491 e. The summed E-state index contributed by atoms with van der Waals surface area (Å²) in [4.78, 5) is 0. The molecule has 0 amide bonds. The van der Waals surface area contributed by atoms with Crippen LogP contribution in [-0.4, -0.2) is 19.8 Å². The minimum atomic E-state index is 0.262. The van der Waals surface area contributed by atoms with E-state index in [9.17, 15) is 0 Å². The summed E-state index contributed by atoms with van der Waals surface area (Å²) in [5.41, 5.74) is 2.35. The number of halogens is 1. The van der Waals surface area contributed by atoms with Crippen LogP contribution >= 0.6 is 15.9 Å². The van der Waals surface area contributed by atoms with Crippen molar-refractivity contribution in [3.05, 3.63) is 64.1 Å². The van der Waals surface area contributed by atoms with Crippen LogP contribution in [0.1, 0.15) is 37.4 Å². The van der Waals surface area contributed by atoms with Gasteiger partial charge in [0, 0.05) is 16.1 Å². The average molecular weight is 392 g/mol. The van der Waals surface area contributed by atoms with Gasteiger partial charge in [-0.15, -0.1) is 0 Å². The standard InChI is InChI=1S/C20H26BrNO2/c1-3-11-22-16(2)19-10-9-18(21)14-20(19)24-13-12-23-15-17-7-5-4-6-8-17/h4-10,14,16,22H,3,11-13,15H2,1-2H3. The van der Waals surface area contributed by atoms with Gasteiger partial charge in [0.15, 0.2) is 0 Å². The Bertz CT molecular complexity index is 604. The lowest BCUT2D eigenvalue weighted by atomic mass is 10.1. The molecule has 0 bridgehead atoms. The number of hydrogen-bond acceptors (Lipinski definition) is 3. The van der Waals surface area contributed by atoms with Crippen LogP contribution in [-0.2, 0) is 11.3 Å². The van der Waals surface area contributed by atoms with Crippen molar-refractivity contribution < 1.29 is 9.47 Å². The molecule has 0 heterocycles. The zero-order valence-electron chi connectivity index (χ0n) is 14.4. The minimum Gasteiger partial charge on any atom is -0.491 e. The first kappa shape index (κ1) is 19.0. The van der Waals surface area contributed by atoms with Gasteiger partial charge in [-0.1, -0.05) is 59.3 Å². The molecule has 2 aromatic rings. The fraction of sp³-hybridized carbons (Fsp3) is 0.400. The van der Waals surface area contributed by atoms with Gasteiger partial charge >= 0.3 is 0 Å². The van der Waals surface area contributed by atoms with Gasteiger partial charge in [0.05, 0.1) is 13.2 Å². The Morgan fingerprint density at radius 3 is 2.62 bits per heavy atom. The fourth-order valence-electron chi connectivity index (χ4n) is 2.44. The first-order valence-corrected chi connectivity index (χ1v) is 9.27. The van der Waals surface area contributed by atoms with Gasteiger partial charge in [-0.3, -0.25) is 0 Å². The molecule has 24 heavy (non-hydrogen) atoms. The summed E-state index contributed by atoms with van der Waals surface area (Å²) >= 11 is 3.52. The van der Waals surface area contributed by atoms with Crippen LogP contribution in [0.15, 0.2) is 53.0 Å². The van der Waals surface area contributed by atoms with Gasteiger partial charge in [0.25, 0.3) is 0 Å². The normalized spacial score (nSPS) is 12.1. The average Bonchev–Trinajstić information content (AvgIpc) is 2.60. The highest BCUT2D eigenvalue weighted by Gasteiger charge is 2.11. The quantitative estimate of drug-likeness (QED) is 0.571. The third-order valence-corrected chi connectivity index (χ3v) is 4.23. The van der Waals surface area contributed by atoms with Crippen molar-refractivity contribution in [1.29, 1.82) is 0 Å². The predicted molar refractivity (Wildman–Crippen MR) is 102 cm³/mol. The Morgan fingerprint density at radius 2 is 1.88 bits per heavy atom. The first-order valence-electron chi connectivity index (χ1n) is 8.48. The van der Waals surface area contributed by atoms with Gasteiger partial charge in [-0.05, 0) is 37.6 Å². The summed E-state index contributed by atoms with van der Waals surface area (Å²) in [6, 6.07) is 16.6. The molecule has 0 aliphatic rings. The molecule has 2 aromatic carbocycles. The molecule has 0 spiro atoms. The maximum Gasteiger partial charge on any atom is 0.125 e. The molecule has 0 aliphatic carbocycles. The smallest absolute Gasteiger partial charge is 0.125 e. The van der Waals surface area contributed by atoms with Gasteiger partial charge in [-0.2, -0.15) is 0 Å². The van der Waals surface area contributed by atoms with Crippen molar-refractivity contribution in [2.45, 2.75) is 32.9 Å². The molecule has 0 saturated heterocycles. The molecule has 1 atom stereocenters. The zero-order chi connectivity index (χ0) is 17.2. The van der Waals surface area contributed by atoms with Crippen molar-refractivity contribution in [1.82, 2.24) is 5.32 Å². The molecule has 0 aliphatic heterocycles. The number of ether oxygens (including phenoxy) is 2. The molecule has 0 aromatic heterocycles. The highest BCUT2D eigenvalue weighted by Crippen LogP contribution is 2.28. The topological polar surface area (TPSA) is 30.5 Å². The second-order valence-electron chi connectivity index (χ2n) is 5.74. The van der Waals surface area contributed by atoms with Crippen molar-refractivity contribution in [3.63, 3.8) is 0 Å². The summed E-state index contributed by atoms with van der Waals surface area (Å²) in [7, 11) is 0. The molecule has 3 nitrogen and oxygen atoms in total. The Kier molecular flexibility index (Phi) is 8.29. The van der Waals surface area contributed by atoms with Gasteiger partial charge in [0.2, 0.25) is 0 Å². The van der Waals surface area contributed by atoms with Crippen LogP contribution in [0.3, 0.4) is 0 Å². The van der Waals surface area contributed by atoms with Crippen LogP contribution in [0.2, 0.25) is 0 Å². The molecule has 0 radical (unpaired) electrons. The highest BCUT2D eigenvalue weighted by atomic mass is 79.9. The maximum absolute atomic E-state index is 5.96. The van der Waals surface area contributed by atoms with E-state index in [-0.39, 0.29) is 6.04 Å². The number of hydrogen-bond donors (Lipinski definition) is 1. The molecular weight excluding hydrogens is 366 g/mol. The van der Waals surface area contributed by atoms with E-state index in [0.717, 1.165) is 23.2 Å². The molecule has 130 valence electrons. The van der Waals surface area contributed by atoms with Gasteiger partial charge < -0.3 is 14.8 Å².